The molecule has 0 fully saturated rings. The molecule has 0 aromatic heterocycles. The van der Waals surface area contributed by atoms with Crippen LogP contribution in [-0.4, -0.2) is 28.1 Å². The summed E-state index contributed by atoms with van der Waals surface area (Å²) in [5.74, 6) is -2.31. The van der Waals surface area contributed by atoms with Crippen LogP contribution in [-0.2, 0) is 9.53 Å². The van der Waals surface area contributed by atoms with Gasteiger partial charge < -0.3 is 14.9 Å². The van der Waals surface area contributed by atoms with Crippen molar-refractivity contribution in [2.24, 2.45) is 5.92 Å². The summed E-state index contributed by atoms with van der Waals surface area (Å²) in [6, 6.07) is 0. The van der Waals surface area contributed by atoms with Crippen LogP contribution in [0.2, 0.25) is 0 Å². The number of aliphatic hydroxyl groups is 2. The van der Waals surface area contributed by atoms with Gasteiger partial charge in [-0.2, -0.15) is 0 Å². The van der Waals surface area contributed by atoms with Gasteiger partial charge in [-0.15, -0.1) is 0 Å². The molecule has 2 N–H and O–H groups in total. The van der Waals surface area contributed by atoms with Crippen LogP contribution in [0.15, 0.2) is 0 Å². The fourth-order valence-corrected chi connectivity index (χ4v) is 0.958. The summed E-state index contributed by atoms with van der Waals surface area (Å²) in [4.78, 5) is 11.2. The summed E-state index contributed by atoms with van der Waals surface area (Å²) < 4.78 is 4.83. The largest absolute Gasteiger partial charge is 0.433 e. The van der Waals surface area contributed by atoms with Crippen molar-refractivity contribution >= 4 is 5.97 Å². The van der Waals surface area contributed by atoms with Crippen LogP contribution in [0.25, 0.3) is 0 Å². The molecule has 0 radical (unpaired) electrons. The van der Waals surface area contributed by atoms with E-state index in [1.54, 1.807) is 20.8 Å². The lowest BCUT2D eigenvalue weighted by molar-refractivity contribution is -0.214. The van der Waals surface area contributed by atoms with Crippen molar-refractivity contribution < 1.29 is 19.7 Å². The average molecular weight is 204 g/mol. The van der Waals surface area contributed by atoms with Crippen LogP contribution in [0, 0.1) is 5.92 Å². The van der Waals surface area contributed by atoms with Crippen LogP contribution < -0.4 is 0 Å². The van der Waals surface area contributed by atoms with Gasteiger partial charge in [0.25, 0.3) is 0 Å². The number of hydrogen-bond donors (Lipinski definition) is 2. The zero-order valence-corrected chi connectivity index (χ0v) is 9.28. The zero-order chi connectivity index (χ0) is 11.4. The second-order valence-electron chi connectivity index (χ2n) is 4.02. The monoisotopic (exact) mass is 204 g/mol. The highest BCUT2D eigenvalue weighted by Crippen LogP contribution is 2.17. The Morgan fingerprint density at radius 2 is 2.00 bits per heavy atom. The summed E-state index contributed by atoms with van der Waals surface area (Å²) in [7, 11) is 0. The maximum absolute atomic E-state index is 11.2. The van der Waals surface area contributed by atoms with E-state index in [0.717, 1.165) is 0 Å². The topological polar surface area (TPSA) is 66.8 Å². The Balaban J connectivity index is 4.13. The molecule has 0 spiro atoms. The van der Waals surface area contributed by atoms with E-state index in [2.05, 4.69) is 0 Å². The third-order valence-electron chi connectivity index (χ3n) is 1.88. The molecule has 2 atom stereocenters. The number of ether oxygens (including phenoxy) is 1. The van der Waals surface area contributed by atoms with Crippen molar-refractivity contribution in [2.45, 2.75) is 52.4 Å². The van der Waals surface area contributed by atoms with E-state index in [1.165, 1.54) is 6.92 Å². The lowest BCUT2D eigenvalue weighted by Gasteiger charge is -2.26. The van der Waals surface area contributed by atoms with Gasteiger partial charge in [0.05, 0.1) is 12.0 Å². The molecular formula is C10H20O4. The van der Waals surface area contributed by atoms with Gasteiger partial charge in [-0.3, -0.25) is 4.79 Å². The molecular weight excluding hydrogens is 184 g/mol. The van der Waals surface area contributed by atoms with Gasteiger partial charge >= 0.3 is 5.97 Å². The van der Waals surface area contributed by atoms with Gasteiger partial charge in [0.15, 0.2) is 0 Å². The molecule has 0 aliphatic rings. The number of hydrogen-bond acceptors (Lipinski definition) is 4. The second-order valence-corrected chi connectivity index (χ2v) is 4.02. The van der Waals surface area contributed by atoms with E-state index >= 15 is 0 Å². The van der Waals surface area contributed by atoms with Crippen molar-refractivity contribution in [2.75, 3.05) is 0 Å². The number of esters is 1. The number of rotatable bonds is 5. The van der Waals surface area contributed by atoms with Crippen LogP contribution in [0.1, 0.15) is 40.5 Å². The molecule has 0 heterocycles. The molecule has 0 aliphatic carbocycles. The normalized spacial score (nSPS) is 17.6. The van der Waals surface area contributed by atoms with Crippen LogP contribution >= 0.6 is 0 Å². The first-order valence-corrected chi connectivity index (χ1v) is 4.91. The SMILES string of the molecule is CCC(O)CC(C)(O)OC(=O)C(C)C. The molecule has 0 rings (SSSR count). The van der Waals surface area contributed by atoms with Crippen molar-refractivity contribution in [3.05, 3.63) is 0 Å². The summed E-state index contributed by atoms with van der Waals surface area (Å²) in [6.07, 6.45) is -0.0814. The second kappa shape index (κ2) is 5.32. The van der Waals surface area contributed by atoms with Gasteiger partial charge in [0.1, 0.15) is 0 Å². The minimum absolute atomic E-state index is 0.0436. The van der Waals surface area contributed by atoms with Gasteiger partial charge in [-0.25, -0.2) is 0 Å². The first-order chi connectivity index (χ1) is 6.28. The van der Waals surface area contributed by atoms with Crippen molar-refractivity contribution in [1.29, 1.82) is 0 Å². The molecule has 0 saturated heterocycles. The van der Waals surface area contributed by atoms with Gasteiger partial charge in [0, 0.05) is 13.3 Å². The predicted octanol–water partition coefficient (Wildman–Crippen LogP) is 1.06. The Kier molecular flexibility index (Phi) is 5.08. The van der Waals surface area contributed by atoms with E-state index < -0.39 is 17.9 Å². The first-order valence-electron chi connectivity index (χ1n) is 4.91. The van der Waals surface area contributed by atoms with E-state index in [9.17, 15) is 15.0 Å². The zero-order valence-electron chi connectivity index (χ0n) is 9.28. The maximum atomic E-state index is 11.2. The Hall–Kier alpha value is -0.610. The minimum atomic E-state index is -1.57. The highest BCUT2D eigenvalue weighted by atomic mass is 16.7. The summed E-state index contributed by atoms with van der Waals surface area (Å²) in [6.45, 7) is 6.56. The molecule has 0 aromatic carbocycles. The van der Waals surface area contributed by atoms with Crippen LogP contribution in [0.3, 0.4) is 0 Å². The van der Waals surface area contributed by atoms with Crippen molar-refractivity contribution in [3.8, 4) is 0 Å². The first kappa shape index (κ1) is 13.4. The predicted molar refractivity (Wildman–Crippen MR) is 52.5 cm³/mol. The van der Waals surface area contributed by atoms with Crippen LogP contribution in [0.4, 0.5) is 0 Å². The summed E-state index contributed by atoms with van der Waals surface area (Å²) in [5, 5.41) is 18.9. The van der Waals surface area contributed by atoms with E-state index in [1.807, 2.05) is 0 Å². The smallest absolute Gasteiger partial charge is 0.310 e. The van der Waals surface area contributed by atoms with E-state index in [0.29, 0.717) is 6.42 Å². The fourth-order valence-electron chi connectivity index (χ4n) is 0.958. The molecule has 0 aliphatic heterocycles. The Labute approximate surface area is 84.9 Å². The fraction of sp³-hybridized carbons (Fsp3) is 0.900. The maximum Gasteiger partial charge on any atom is 0.310 e. The number of aliphatic hydroxyl groups excluding tert-OH is 1. The lowest BCUT2D eigenvalue weighted by atomic mass is 10.1. The minimum Gasteiger partial charge on any atom is -0.433 e. The van der Waals surface area contributed by atoms with Gasteiger partial charge in [0.2, 0.25) is 5.79 Å². The molecule has 4 nitrogen and oxygen atoms in total. The highest BCUT2D eigenvalue weighted by Gasteiger charge is 2.29. The third-order valence-corrected chi connectivity index (χ3v) is 1.88. The Bertz CT molecular complexity index is 187. The van der Waals surface area contributed by atoms with E-state index in [-0.39, 0.29) is 12.3 Å². The molecule has 0 amide bonds. The van der Waals surface area contributed by atoms with Gasteiger partial charge in [-0.1, -0.05) is 20.8 Å². The van der Waals surface area contributed by atoms with Crippen molar-refractivity contribution in [3.63, 3.8) is 0 Å². The average Bonchev–Trinajstić information content (AvgIpc) is 2.02. The van der Waals surface area contributed by atoms with Crippen LogP contribution in [0.5, 0.6) is 0 Å². The quantitative estimate of drug-likeness (QED) is 0.519. The molecule has 14 heavy (non-hydrogen) atoms. The highest BCUT2D eigenvalue weighted by molar-refractivity contribution is 5.71. The molecule has 0 aromatic rings. The number of carbonyl (C=O) groups is 1. The summed E-state index contributed by atoms with van der Waals surface area (Å²) >= 11 is 0. The molecule has 4 heteroatoms. The summed E-state index contributed by atoms with van der Waals surface area (Å²) in [5.41, 5.74) is 0. The van der Waals surface area contributed by atoms with E-state index in [4.69, 9.17) is 4.74 Å². The number of carbonyl (C=O) groups excluding carboxylic acids is 1. The molecule has 0 saturated carbocycles. The molecule has 84 valence electrons. The van der Waals surface area contributed by atoms with Crippen molar-refractivity contribution in [1.82, 2.24) is 0 Å². The Morgan fingerprint density at radius 3 is 2.36 bits per heavy atom. The Morgan fingerprint density at radius 1 is 1.50 bits per heavy atom. The van der Waals surface area contributed by atoms with Gasteiger partial charge in [-0.05, 0) is 6.42 Å². The standard InChI is InChI=1S/C10H20O4/c1-5-8(11)6-10(4,13)14-9(12)7(2)3/h7-8,11,13H,5-6H2,1-4H3. The molecule has 0 bridgehead atoms. The lowest BCUT2D eigenvalue weighted by Crippen LogP contribution is -2.36. The molecule has 2 unspecified atom stereocenters. The third kappa shape index (κ3) is 5.19.